The molecule has 6 heteroatoms. The van der Waals surface area contributed by atoms with Crippen LogP contribution < -0.4 is 10.1 Å². The zero-order valence-electron chi connectivity index (χ0n) is 13.1. The van der Waals surface area contributed by atoms with Gasteiger partial charge in [0.15, 0.2) is 0 Å². The topological polar surface area (TPSA) is 51.2 Å². The molecule has 24 heavy (non-hydrogen) atoms. The number of nitrogens with zero attached hydrogens (tertiary/aromatic N) is 1. The molecule has 0 bridgehead atoms. The number of halogens is 2. The van der Waals surface area contributed by atoms with Crippen molar-refractivity contribution in [1.29, 1.82) is 0 Å². The molecule has 0 radical (unpaired) electrons. The first kappa shape index (κ1) is 15.9. The van der Waals surface area contributed by atoms with Gasteiger partial charge in [0, 0.05) is 17.5 Å². The Morgan fingerprint density at radius 2 is 1.79 bits per heavy atom. The number of benzene rings is 2. The molecular weight excluding hydrogens is 314 g/mol. The van der Waals surface area contributed by atoms with Crippen LogP contribution in [0.5, 0.6) is 5.75 Å². The first-order valence-electron chi connectivity index (χ1n) is 7.20. The molecule has 0 saturated heterocycles. The van der Waals surface area contributed by atoms with Gasteiger partial charge in [-0.2, -0.15) is 0 Å². The molecule has 3 aromatic rings. The number of methoxy groups -OCH3 is 1. The molecule has 0 atom stereocenters. The van der Waals surface area contributed by atoms with Crippen molar-refractivity contribution in [2.75, 3.05) is 12.4 Å². The molecule has 0 aliphatic heterocycles. The number of hydrogen-bond donors (Lipinski definition) is 1. The molecule has 1 amide bonds. The molecule has 0 saturated carbocycles. The predicted octanol–water partition coefficient (Wildman–Crippen LogP) is 4.08. The number of hydrogen-bond acceptors (Lipinski definition) is 3. The van der Waals surface area contributed by atoms with Crippen molar-refractivity contribution in [2.24, 2.45) is 0 Å². The van der Waals surface area contributed by atoms with Crippen LogP contribution in [0.1, 0.15) is 16.1 Å². The average molecular weight is 328 g/mol. The van der Waals surface area contributed by atoms with E-state index in [1.54, 1.807) is 19.1 Å². The van der Waals surface area contributed by atoms with Crippen LogP contribution in [-0.2, 0) is 0 Å². The van der Waals surface area contributed by atoms with Crippen molar-refractivity contribution in [2.45, 2.75) is 6.92 Å². The zero-order chi connectivity index (χ0) is 17.3. The summed E-state index contributed by atoms with van der Waals surface area (Å²) in [5.74, 6) is -1.04. The number of rotatable bonds is 3. The fourth-order valence-electron chi connectivity index (χ4n) is 2.42. The number of aromatic nitrogens is 1. The van der Waals surface area contributed by atoms with E-state index in [2.05, 4.69) is 10.3 Å². The van der Waals surface area contributed by atoms with Gasteiger partial charge in [0.2, 0.25) is 0 Å². The summed E-state index contributed by atoms with van der Waals surface area (Å²) in [7, 11) is 1.39. The molecule has 0 fully saturated rings. The van der Waals surface area contributed by atoms with E-state index in [0.717, 1.165) is 0 Å². The highest BCUT2D eigenvalue weighted by Crippen LogP contribution is 2.26. The minimum absolute atomic E-state index is 0.219. The molecule has 0 aliphatic rings. The summed E-state index contributed by atoms with van der Waals surface area (Å²) in [6, 6.07) is 9.66. The third kappa shape index (κ3) is 3.03. The van der Waals surface area contributed by atoms with Gasteiger partial charge in [0.25, 0.3) is 5.91 Å². The number of carbonyl (C=O) groups excluding carboxylic acids is 1. The third-order valence-corrected chi connectivity index (χ3v) is 3.63. The number of amides is 1. The fraction of sp³-hybridized carbons (Fsp3) is 0.111. The van der Waals surface area contributed by atoms with Crippen LogP contribution in [0.25, 0.3) is 10.9 Å². The number of carbonyl (C=O) groups is 1. The Morgan fingerprint density at radius 3 is 2.54 bits per heavy atom. The molecule has 1 aromatic heterocycles. The van der Waals surface area contributed by atoms with Crippen molar-refractivity contribution in [3.05, 3.63) is 65.4 Å². The summed E-state index contributed by atoms with van der Waals surface area (Å²) in [6.07, 6.45) is 0. The van der Waals surface area contributed by atoms with E-state index >= 15 is 0 Å². The maximum Gasteiger partial charge on any atom is 0.257 e. The van der Waals surface area contributed by atoms with Crippen LogP contribution in [0, 0.1) is 18.6 Å². The molecule has 0 aliphatic carbocycles. The highest BCUT2D eigenvalue weighted by molar-refractivity contribution is 6.07. The molecule has 0 spiro atoms. The zero-order valence-corrected chi connectivity index (χ0v) is 13.1. The lowest BCUT2D eigenvalue weighted by Gasteiger charge is -2.12. The first-order chi connectivity index (χ1) is 11.5. The number of aryl methyl sites for hydroxylation is 1. The van der Waals surface area contributed by atoms with Crippen LogP contribution in [0.3, 0.4) is 0 Å². The van der Waals surface area contributed by atoms with Gasteiger partial charge in [-0.3, -0.25) is 9.78 Å². The predicted molar refractivity (Wildman–Crippen MR) is 87.3 cm³/mol. The Kier molecular flexibility index (Phi) is 4.12. The number of anilines is 1. The maximum atomic E-state index is 13.3. The van der Waals surface area contributed by atoms with E-state index in [-0.39, 0.29) is 11.6 Å². The standard InChI is InChI=1S/C18H14F2N2O2/c1-10-14(7-11-3-4-12(19)8-16(11)21-10)18(23)22-15-6-5-13(20)9-17(15)24-2/h3-9H,1-2H3,(H,22,23). The number of nitrogens with one attached hydrogen (secondary N) is 1. The number of pyridine rings is 1. The molecule has 4 nitrogen and oxygen atoms in total. The lowest BCUT2D eigenvalue weighted by atomic mass is 10.1. The van der Waals surface area contributed by atoms with Crippen molar-refractivity contribution >= 4 is 22.5 Å². The van der Waals surface area contributed by atoms with Crippen molar-refractivity contribution < 1.29 is 18.3 Å². The van der Waals surface area contributed by atoms with Gasteiger partial charge < -0.3 is 10.1 Å². The van der Waals surface area contributed by atoms with E-state index in [4.69, 9.17) is 4.74 Å². The van der Waals surface area contributed by atoms with Gasteiger partial charge >= 0.3 is 0 Å². The third-order valence-electron chi connectivity index (χ3n) is 3.63. The second-order valence-corrected chi connectivity index (χ2v) is 5.26. The van der Waals surface area contributed by atoms with Crippen molar-refractivity contribution in [3.8, 4) is 5.75 Å². The maximum absolute atomic E-state index is 13.3. The summed E-state index contributed by atoms with van der Waals surface area (Å²) in [5.41, 5.74) is 1.64. The van der Waals surface area contributed by atoms with Gasteiger partial charge in [-0.1, -0.05) is 0 Å². The average Bonchev–Trinajstić information content (AvgIpc) is 2.55. The van der Waals surface area contributed by atoms with Crippen LogP contribution in [0.4, 0.5) is 14.5 Å². The van der Waals surface area contributed by atoms with Crippen LogP contribution in [0.2, 0.25) is 0 Å². The molecule has 122 valence electrons. The van der Waals surface area contributed by atoms with E-state index in [1.165, 1.54) is 37.4 Å². The van der Waals surface area contributed by atoms with Gasteiger partial charge in [0.1, 0.15) is 17.4 Å². The van der Waals surface area contributed by atoms with Crippen molar-refractivity contribution in [1.82, 2.24) is 4.98 Å². The number of fused-ring (bicyclic) bond motifs is 1. The molecule has 1 heterocycles. The first-order valence-corrected chi connectivity index (χ1v) is 7.20. The molecule has 3 rings (SSSR count). The number of ether oxygens (including phenoxy) is 1. The second-order valence-electron chi connectivity index (χ2n) is 5.26. The van der Waals surface area contributed by atoms with E-state index in [9.17, 15) is 13.6 Å². The minimum atomic E-state index is -0.463. The molecular formula is C18H14F2N2O2. The van der Waals surface area contributed by atoms with E-state index < -0.39 is 11.7 Å². The van der Waals surface area contributed by atoms with Crippen LogP contribution in [-0.4, -0.2) is 18.0 Å². The van der Waals surface area contributed by atoms with Crippen LogP contribution in [0.15, 0.2) is 42.5 Å². The fourth-order valence-corrected chi connectivity index (χ4v) is 2.42. The summed E-state index contributed by atoms with van der Waals surface area (Å²) >= 11 is 0. The Balaban J connectivity index is 1.97. The summed E-state index contributed by atoms with van der Waals surface area (Å²) in [4.78, 5) is 16.8. The Bertz CT molecular complexity index is 942. The molecule has 2 aromatic carbocycles. The Labute approximate surface area is 137 Å². The summed E-state index contributed by atoms with van der Waals surface area (Å²) in [6.45, 7) is 1.67. The lowest BCUT2D eigenvalue weighted by molar-refractivity contribution is 0.102. The van der Waals surface area contributed by atoms with Gasteiger partial charge in [-0.25, -0.2) is 8.78 Å². The van der Waals surface area contributed by atoms with Crippen molar-refractivity contribution in [3.63, 3.8) is 0 Å². The lowest BCUT2D eigenvalue weighted by Crippen LogP contribution is -2.15. The van der Waals surface area contributed by atoms with Gasteiger partial charge in [-0.05, 0) is 37.3 Å². The Morgan fingerprint density at radius 1 is 1.08 bits per heavy atom. The van der Waals surface area contributed by atoms with Crippen LogP contribution >= 0.6 is 0 Å². The van der Waals surface area contributed by atoms with E-state index in [0.29, 0.717) is 27.8 Å². The van der Waals surface area contributed by atoms with Gasteiger partial charge in [-0.15, -0.1) is 0 Å². The largest absolute Gasteiger partial charge is 0.494 e. The van der Waals surface area contributed by atoms with Gasteiger partial charge in [0.05, 0.1) is 29.6 Å². The second kappa shape index (κ2) is 6.23. The normalized spacial score (nSPS) is 10.7. The Hall–Kier alpha value is -3.02. The molecule has 1 N–H and O–H groups in total. The van der Waals surface area contributed by atoms with E-state index in [1.807, 2.05) is 0 Å². The highest BCUT2D eigenvalue weighted by Gasteiger charge is 2.14. The SMILES string of the molecule is COc1cc(F)ccc1NC(=O)c1cc2ccc(F)cc2nc1C. The summed E-state index contributed by atoms with van der Waals surface area (Å²) in [5, 5.41) is 3.33. The molecule has 0 unspecified atom stereocenters. The summed E-state index contributed by atoms with van der Waals surface area (Å²) < 4.78 is 31.6. The minimum Gasteiger partial charge on any atom is -0.494 e. The monoisotopic (exact) mass is 328 g/mol. The highest BCUT2D eigenvalue weighted by atomic mass is 19.1. The quantitative estimate of drug-likeness (QED) is 0.788. The smallest absolute Gasteiger partial charge is 0.257 e.